The van der Waals surface area contributed by atoms with E-state index >= 15 is 0 Å². The Balaban J connectivity index is 1.97. The Labute approximate surface area is 142 Å². The summed E-state index contributed by atoms with van der Waals surface area (Å²) in [6, 6.07) is 7.13. The van der Waals surface area contributed by atoms with E-state index in [2.05, 4.69) is 15.0 Å². The van der Waals surface area contributed by atoms with E-state index < -0.39 is 0 Å². The minimum absolute atomic E-state index is 0.0303. The molecule has 4 aromatic rings. The average Bonchev–Trinajstić information content (AvgIpc) is 3.37. The normalized spacial score (nSPS) is 11.1. The molecule has 4 aromatic heterocycles. The Hall–Kier alpha value is -3.32. The molecule has 0 aromatic carbocycles. The summed E-state index contributed by atoms with van der Waals surface area (Å²) in [6.07, 6.45) is 4.64. The van der Waals surface area contributed by atoms with Crippen LogP contribution in [0.2, 0.25) is 0 Å². The fourth-order valence-corrected chi connectivity index (χ4v) is 2.70. The first-order valence-corrected chi connectivity index (χ1v) is 7.65. The maximum absolute atomic E-state index is 10.4. The first-order valence-electron chi connectivity index (χ1n) is 7.65. The van der Waals surface area contributed by atoms with Gasteiger partial charge in [0.2, 0.25) is 0 Å². The van der Waals surface area contributed by atoms with Crippen LogP contribution >= 0.6 is 0 Å². The molecule has 4 heterocycles. The lowest BCUT2D eigenvalue weighted by molar-refractivity contribution is 0.281. The Morgan fingerprint density at radius 1 is 1.12 bits per heavy atom. The number of aromatic nitrogens is 3. The van der Waals surface area contributed by atoms with E-state index in [4.69, 9.17) is 8.83 Å². The summed E-state index contributed by atoms with van der Waals surface area (Å²) in [5.41, 5.74) is 2.48. The van der Waals surface area contributed by atoms with Crippen LogP contribution in [0, 0.1) is 6.92 Å². The topological polar surface area (TPSA) is 108 Å². The van der Waals surface area contributed by atoms with Crippen LogP contribution in [0.1, 0.15) is 11.3 Å². The van der Waals surface area contributed by atoms with Gasteiger partial charge >= 0.3 is 0 Å². The number of imidazole rings is 1. The van der Waals surface area contributed by atoms with Crippen LogP contribution in [0.25, 0.3) is 34.3 Å². The number of aromatic hydroxyl groups is 1. The zero-order valence-corrected chi connectivity index (χ0v) is 13.4. The summed E-state index contributed by atoms with van der Waals surface area (Å²) in [6.45, 7) is 1.41. The number of aromatic amines is 1. The van der Waals surface area contributed by atoms with Gasteiger partial charge in [0.25, 0.3) is 0 Å². The number of nitrogens with zero attached hydrogens (tertiary/aromatic N) is 2. The highest BCUT2D eigenvalue weighted by Crippen LogP contribution is 2.38. The molecule has 4 rings (SSSR count). The molecule has 126 valence electrons. The van der Waals surface area contributed by atoms with Crippen LogP contribution in [0.15, 0.2) is 51.8 Å². The number of pyridine rings is 1. The number of aliphatic hydroxyl groups is 1. The summed E-state index contributed by atoms with van der Waals surface area (Å²) in [4.78, 5) is 11.8. The average molecular weight is 337 g/mol. The second kappa shape index (κ2) is 5.95. The number of aryl methyl sites for hydroxylation is 1. The lowest BCUT2D eigenvalue weighted by Crippen LogP contribution is -1.96. The molecule has 0 amide bonds. The number of rotatable bonds is 4. The van der Waals surface area contributed by atoms with Crippen molar-refractivity contribution in [1.82, 2.24) is 15.0 Å². The second-order valence-corrected chi connectivity index (χ2v) is 5.51. The first-order chi connectivity index (χ1) is 12.2. The smallest absolute Gasteiger partial charge is 0.154 e. The number of hydrogen-bond acceptors (Lipinski definition) is 6. The Kier molecular flexibility index (Phi) is 3.62. The van der Waals surface area contributed by atoms with Crippen molar-refractivity contribution in [3.05, 3.63) is 54.2 Å². The summed E-state index contributed by atoms with van der Waals surface area (Å²) < 4.78 is 11.0. The molecule has 0 bridgehead atoms. The highest BCUT2D eigenvalue weighted by atomic mass is 16.3. The predicted molar refractivity (Wildman–Crippen MR) is 89.5 cm³/mol. The third-order valence-electron chi connectivity index (χ3n) is 3.95. The Morgan fingerprint density at radius 3 is 2.48 bits per heavy atom. The van der Waals surface area contributed by atoms with Gasteiger partial charge in [0.1, 0.15) is 23.0 Å². The van der Waals surface area contributed by atoms with Crippen LogP contribution in [-0.4, -0.2) is 25.2 Å². The lowest BCUT2D eigenvalue weighted by Gasteiger charge is -2.08. The molecule has 0 saturated heterocycles. The van der Waals surface area contributed by atoms with E-state index in [1.165, 1.54) is 6.20 Å². The summed E-state index contributed by atoms with van der Waals surface area (Å²) in [7, 11) is 0. The molecular formula is C18H15N3O4. The molecule has 25 heavy (non-hydrogen) atoms. The molecule has 7 heteroatoms. The second-order valence-electron chi connectivity index (χ2n) is 5.51. The van der Waals surface area contributed by atoms with Crippen LogP contribution in [0.4, 0.5) is 0 Å². The van der Waals surface area contributed by atoms with Crippen molar-refractivity contribution in [2.24, 2.45) is 0 Å². The van der Waals surface area contributed by atoms with Gasteiger partial charge in [-0.05, 0) is 31.2 Å². The molecule has 0 saturated carbocycles. The molecule has 0 spiro atoms. The maximum Gasteiger partial charge on any atom is 0.154 e. The van der Waals surface area contributed by atoms with Gasteiger partial charge in [0.05, 0.1) is 30.4 Å². The van der Waals surface area contributed by atoms with Crippen molar-refractivity contribution in [2.75, 3.05) is 0 Å². The van der Waals surface area contributed by atoms with Gasteiger partial charge < -0.3 is 24.0 Å². The van der Waals surface area contributed by atoms with E-state index in [0.717, 1.165) is 0 Å². The highest BCUT2D eigenvalue weighted by Gasteiger charge is 2.22. The zero-order chi connectivity index (χ0) is 17.4. The minimum Gasteiger partial charge on any atom is -0.505 e. The Bertz CT molecular complexity index is 950. The molecule has 0 atom stereocenters. The van der Waals surface area contributed by atoms with Crippen LogP contribution in [0.5, 0.6) is 5.75 Å². The molecule has 0 aliphatic heterocycles. The standard InChI is InChI=1S/C18H15N3O4/c1-10-17(23)14(11(9-22)8-19-10)18-20-15(12-4-2-6-24-12)16(21-18)13-5-3-7-25-13/h2-8,22-23H,9H2,1H3,(H,20,21). The first kappa shape index (κ1) is 15.2. The summed E-state index contributed by atoms with van der Waals surface area (Å²) >= 11 is 0. The van der Waals surface area contributed by atoms with Crippen molar-refractivity contribution >= 4 is 0 Å². The van der Waals surface area contributed by atoms with Crippen LogP contribution in [-0.2, 0) is 6.61 Å². The number of hydrogen-bond donors (Lipinski definition) is 3. The molecule has 0 radical (unpaired) electrons. The summed E-state index contributed by atoms with van der Waals surface area (Å²) in [5, 5.41) is 20.1. The molecule has 0 fully saturated rings. The lowest BCUT2D eigenvalue weighted by atomic mass is 10.1. The molecule has 0 unspecified atom stereocenters. The van der Waals surface area contributed by atoms with Gasteiger partial charge in [-0.1, -0.05) is 0 Å². The monoisotopic (exact) mass is 337 g/mol. The Morgan fingerprint density at radius 2 is 1.84 bits per heavy atom. The minimum atomic E-state index is -0.275. The van der Waals surface area contributed by atoms with Crippen LogP contribution in [0.3, 0.4) is 0 Å². The van der Waals surface area contributed by atoms with Crippen molar-refractivity contribution < 1.29 is 19.0 Å². The fourth-order valence-electron chi connectivity index (χ4n) is 2.70. The largest absolute Gasteiger partial charge is 0.505 e. The third kappa shape index (κ3) is 2.50. The quantitative estimate of drug-likeness (QED) is 0.526. The number of H-pyrrole nitrogens is 1. The summed E-state index contributed by atoms with van der Waals surface area (Å²) in [5.74, 6) is 1.51. The van der Waals surface area contributed by atoms with E-state index in [1.54, 1.807) is 43.7 Å². The van der Waals surface area contributed by atoms with Crippen molar-refractivity contribution in [3.63, 3.8) is 0 Å². The van der Waals surface area contributed by atoms with E-state index in [9.17, 15) is 10.2 Å². The van der Waals surface area contributed by atoms with Crippen molar-refractivity contribution in [2.45, 2.75) is 13.5 Å². The fraction of sp³-hybridized carbons (Fsp3) is 0.111. The van der Waals surface area contributed by atoms with Gasteiger partial charge in [0, 0.05) is 11.8 Å². The SMILES string of the molecule is Cc1ncc(CO)c(-c2nc(-c3ccco3)c(-c3ccco3)[nH]2)c1O. The number of furan rings is 2. The molecule has 0 aliphatic carbocycles. The van der Waals surface area contributed by atoms with E-state index in [0.29, 0.717) is 45.6 Å². The number of nitrogens with one attached hydrogen (secondary N) is 1. The van der Waals surface area contributed by atoms with Gasteiger partial charge in [0.15, 0.2) is 11.5 Å². The van der Waals surface area contributed by atoms with Gasteiger partial charge in [-0.3, -0.25) is 4.98 Å². The van der Waals surface area contributed by atoms with Gasteiger partial charge in [-0.2, -0.15) is 0 Å². The van der Waals surface area contributed by atoms with Gasteiger partial charge in [-0.15, -0.1) is 0 Å². The third-order valence-corrected chi connectivity index (χ3v) is 3.95. The number of aliphatic hydroxyl groups excluding tert-OH is 1. The molecule has 7 nitrogen and oxygen atoms in total. The molecular weight excluding hydrogens is 322 g/mol. The van der Waals surface area contributed by atoms with Crippen molar-refractivity contribution in [1.29, 1.82) is 0 Å². The van der Waals surface area contributed by atoms with Crippen LogP contribution < -0.4 is 0 Å². The predicted octanol–water partition coefficient (Wildman–Crippen LogP) is 3.50. The van der Waals surface area contributed by atoms with E-state index in [-0.39, 0.29) is 12.4 Å². The van der Waals surface area contributed by atoms with Gasteiger partial charge in [-0.25, -0.2) is 4.98 Å². The highest BCUT2D eigenvalue weighted by molar-refractivity contribution is 5.79. The maximum atomic E-state index is 10.4. The zero-order valence-electron chi connectivity index (χ0n) is 13.4. The molecule has 0 aliphatic rings. The van der Waals surface area contributed by atoms with E-state index in [1.807, 2.05) is 0 Å². The molecule has 3 N–H and O–H groups in total. The van der Waals surface area contributed by atoms with Crippen molar-refractivity contribution in [3.8, 4) is 40.0 Å².